The summed E-state index contributed by atoms with van der Waals surface area (Å²) in [5.74, 6) is 0.874. The molecule has 1 aromatic rings. The summed E-state index contributed by atoms with van der Waals surface area (Å²) in [6.45, 7) is 4.96. The largest absolute Gasteiger partial charge is 0.494 e. The number of hydrogen-bond donors (Lipinski definition) is 1. The Bertz CT molecular complexity index is 513. The monoisotopic (exact) mass is 305 g/mol. The molecule has 0 fully saturated rings. The van der Waals surface area contributed by atoms with E-state index in [0.29, 0.717) is 19.6 Å². The van der Waals surface area contributed by atoms with Crippen LogP contribution in [0.15, 0.2) is 12.1 Å². The van der Waals surface area contributed by atoms with E-state index >= 15 is 0 Å². The van der Waals surface area contributed by atoms with Crippen LogP contribution < -0.4 is 10.5 Å². The number of carbonyl (C=O) groups excluding carboxylic acids is 1. The van der Waals surface area contributed by atoms with Gasteiger partial charge in [0.05, 0.1) is 13.2 Å². The molecular formula is C18H27NO3. The second-order valence-electron chi connectivity index (χ2n) is 5.84. The number of unbranched alkanes of at least 4 members (excludes halogenated alkanes) is 1. The lowest BCUT2D eigenvalue weighted by molar-refractivity contribution is -0.143. The van der Waals surface area contributed by atoms with E-state index in [9.17, 15) is 4.79 Å². The average molecular weight is 305 g/mol. The van der Waals surface area contributed by atoms with E-state index < -0.39 is 0 Å². The zero-order valence-electron chi connectivity index (χ0n) is 13.7. The van der Waals surface area contributed by atoms with Crippen LogP contribution in [-0.4, -0.2) is 25.2 Å². The van der Waals surface area contributed by atoms with Crippen LogP contribution in [0.3, 0.4) is 0 Å². The number of rotatable bonds is 8. The molecule has 0 aromatic heterocycles. The standard InChI is InChI=1S/C18H27NO3/c1-3-21-17-12-15-11-16(19)10-14(15)9-13(17)7-5-6-8-18(20)22-4-2/h9,12,16H,3-8,10-11,19H2,1-2H3. The Kier molecular flexibility index (Phi) is 6.25. The molecule has 122 valence electrons. The fraction of sp³-hybridized carbons (Fsp3) is 0.611. The zero-order chi connectivity index (χ0) is 15.9. The third kappa shape index (κ3) is 4.47. The number of benzene rings is 1. The van der Waals surface area contributed by atoms with Crippen LogP contribution >= 0.6 is 0 Å². The Morgan fingerprint density at radius 3 is 2.59 bits per heavy atom. The van der Waals surface area contributed by atoms with E-state index in [1.807, 2.05) is 13.8 Å². The minimum absolute atomic E-state index is 0.104. The molecule has 4 nitrogen and oxygen atoms in total. The number of nitrogens with two attached hydrogens (primary N) is 1. The first-order valence-corrected chi connectivity index (χ1v) is 8.32. The first-order valence-electron chi connectivity index (χ1n) is 8.32. The highest BCUT2D eigenvalue weighted by molar-refractivity contribution is 5.69. The maximum Gasteiger partial charge on any atom is 0.305 e. The Balaban J connectivity index is 1.94. The predicted molar refractivity (Wildman–Crippen MR) is 87.2 cm³/mol. The van der Waals surface area contributed by atoms with Gasteiger partial charge in [-0.15, -0.1) is 0 Å². The Morgan fingerprint density at radius 2 is 1.91 bits per heavy atom. The second-order valence-corrected chi connectivity index (χ2v) is 5.84. The molecule has 0 heterocycles. The minimum atomic E-state index is -0.104. The summed E-state index contributed by atoms with van der Waals surface area (Å²) in [6, 6.07) is 4.65. The predicted octanol–water partition coefficient (Wildman–Crippen LogP) is 2.79. The first-order chi connectivity index (χ1) is 10.6. The molecule has 1 atom stereocenters. The Labute approximate surface area is 133 Å². The molecule has 2 N–H and O–H groups in total. The molecule has 1 unspecified atom stereocenters. The Hall–Kier alpha value is -1.55. The van der Waals surface area contributed by atoms with E-state index in [-0.39, 0.29) is 12.0 Å². The summed E-state index contributed by atoms with van der Waals surface area (Å²) in [6.07, 6.45) is 5.13. The smallest absolute Gasteiger partial charge is 0.305 e. The lowest BCUT2D eigenvalue weighted by Crippen LogP contribution is -2.18. The highest BCUT2D eigenvalue weighted by atomic mass is 16.5. The molecule has 1 aliphatic rings. The van der Waals surface area contributed by atoms with Crippen molar-refractivity contribution in [1.29, 1.82) is 0 Å². The van der Waals surface area contributed by atoms with Gasteiger partial charge in [-0.05, 0) is 68.7 Å². The summed E-state index contributed by atoms with van der Waals surface area (Å²) >= 11 is 0. The van der Waals surface area contributed by atoms with Crippen molar-refractivity contribution in [3.05, 3.63) is 28.8 Å². The third-order valence-electron chi connectivity index (χ3n) is 4.03. The van der Waals surface area contributed by atoms with E-state index in [1.54, 1.807) is 0 Å². The van der Waals surface area contributed by atoms with Gasteiger partial charge in [0.25, 0.3) is 0 Å². The van der Waals surface area contributed by atoms with Crippen LogP contribution in [-0.2, 0) is 28.8 Å². The second kappa shape index (κ2) is 8.18. The van der Waals surface area contributed by atoms with Crippen LogP contribution in [0.25, 0.3) is 0 Å². The van der Waals surface area contributed by atoms with E-state index in [2.05, 4.69) is 12.1 Å². The van der Waals surface area contributed by atoms with Gasteiger partial charge in [-0.1, -0.05) is 6.07 Å². The van der Waals surface area contributed by atoms with Gasteiger partial charge in [-0.25, -0.2) is 0 Å². The molecular weight excluding hydrogens is 278 g/mol. The van der Waals surface area contributed by atoms with Crippen molar-refractivity contribution >= 4 is 5.97 Å². The normalized spacial score (nSPS) is 16.4. The molecule has 0 saturated carbocycles. The molecule has 0 amide bonds. The lowest BCUT2D eigenvalue weighted by Gasteiger charge is -2.13. The highest BCUT2D eigenvalue weighted by Gasteiger charge is 2.20. The van der Waals surface area contributed by atoms with Gasteiger partial charge in [0.1, 0.15) is 5.75 Å². The molecule has 22 heavy (non-hydrogen) atoms. The van der Waals surface area contributed by atoms with Gasteiger partial charge in [0, 0.05) is 12.5 Å². The number of aryl methyl sites for hydroxylation is 1. The first kappa shape index (κ1) is 16.8. The average Bonchev–Trinajstić information content (AvgIpc) is 2.83. The van der Waals surface area contributed by atoms with E-state index in [1.165, 1.54) is 16.7 Å². The number of esters is 1. The summed E-state index contributed by atoms with van der Waals surface area (Å²) in [7, 11) is 0. The van der Waals surface area contributed by atoms with Crippen LogP contribution in [0.5, 0.6) is 5.75 Å². The van der Waals surface area contributed by atoms with Crippen LogP contribution in [0.4, 0.5) is 0 Å². The van der Waals surface area contributed by atoms with Gasteiger partial charge in [0.15, 0.2) is 0 Å². The lowest BCUT2D eigenvalue weighted by atomic mass is 10.0. The molecule has 0 saturated heterocycles. The SMILES string of the molecule is CCOC(=O)CCCCc1cc2c(cc1OCC)CC(N)C2. The number of hydrogen-bond acceptors (Lipinski definition) is 4. The quantitative estimate of drug-likeness (QED) is 0.592. The van der Waals surface area contributed by atoms with Crippen molar-refractivity contribution in [3.8, 4) is 5.75 Å². The molecule has 4 heteroatoms. The van der Waals surface area contributed by atoms with Crippen molar-refractivity contribution in [1.82, 2.24) is 0 Å². The van der Waals surface area contributed by atoms with Gasteiger partial charge in [-0.2, -0.15) is 0 Å². The van der Waals surface area contributed by atoms with Gasteiger partial charge in [-0.3, -0.25) is 4.79 Å². The molecule has 1 aromatic carbocycles. The summed E-state index contributed by atoms with van der Waals surface area (Å²) in [5, 5.41) is 0. The van der Waals surface area contributed by atoms with E-state index in [4.69, 9.17) is 15.2 Å². The van der Waals surface area contributed by atoms with Crippen LogP contribution in [0.2, 0.25) is 0 Å². The minimum Gasteiger partial charge on any atom is -0.494 e. The molecule has 0 aliphatic heterocycles. The zero-order valence-corrected chi connectivity index (χ0v) is 13.7. The maximum absolute atomic E-state index is 11.4. The molecule has 1 aliphatic carbocycles. The number of fused-ring (bicyclic) bond motifs is 1. The summed E-state index contributed by atoms with van der Waals surface area (Å²) in [5.41, 5.74) is 9.97. The fourth-order valence-electron chi connectivity index (χ4n) is 3.04. The van der Waals surface area contributed by atoms with Gasteiger partial charge < -0.3 is 15.2 Å². The molecule has 0 spiro atoms. The van der Waals surface area contributed by atoms with E-state index in [0.717, 1.165) is 37.9 Å². The summed E-state index contributed by atoms with van der Waals surface area (Å²) < 4.78 is 10.7. The number of ether oxygens (including phenoxy) is 2. The topological polar surface area (TPSA) is 61.5 Å². The number of carbonyl (C=O) groups is 1. The fourth-order valence-corrected chi connectivity index (χ4v) is 3.04. The van der Waals surface area contributed by atoms with Crippen LogP contribution in [0.1, 0.15) is 49.8 Å². The molecule has 2 rings (SSSR count). The Morgan fingerprint density at radius 1 is 1.18 bits per heavy atom. The van der Waals surface area contributed by atoms with Crippen molar-refractivity contribution in [2.45, 2.75) is 58.4 Å². The van der Waals surface area contributed by atoms with Crippen LogP contribution in [0, 0.1) is 0 Å². The van der Waals surface area contributed by atoms with Crippen molar-refractivity contribution in [2.24, 2.45) is 5.73 Å². The third-order valence-corrected chi connectivity index (χ3v) is 4.03. The molecule has 0 bridgehead atoms. The maximum atomic E-state index is 11.4. The van der Waals surface area contributed by atoms with Crippen molar-refractivity contribution < 1.29 is 14.3 Å². The van der Waals surface area contributed by atoms with Crippen molar-refractivity contribution in [3.63, 3.8) is 0 Å². The summed E-state index contributed by atoms with van der Waals surface area (Å²) in [4.78, 5) is 11.4. The van der Waals surface area contributed by atoms with Gasteiger partial charge >= 0.3 is 5.97 Å². The highest BCUT2D eigenvalue weighted by Crippen LogP contribution is 2.30. The molecule has 0 radical (unpaired) electrons. The van der Waals surface area contributed by atoms with Gasteiger partial charge in [0.2, 0.25) is 0 Å². The van der Waals surface area contributed by atoms with Crippen molar-refractivity contribution in [2.75, 3.05) is 13.2 Å².